The van der Waals surface area contributed by atoms with Gasteiger partial charge in [-0.15, -0.1) is 0 Å². The first kappa shape index (κ1) is 60.9. The molecule has 0 saturated carbocycles. The van der Waals surface area contributed by atoms with Gasteiger partial charge in [0, 0.05) is 80.6 Å². The fourth-order valence-electron chi connectivity index (χ4n) is 9.80. The number of rotatable bonds is 14. The number of amides is 3. The number of hydrogen-bond donors (Lipinski definition) is 3. The summed E-state index contributed by atoms with van der Waals surface area (Å²) in [5.74, 6) is -3.10. The van der Waals surface area contributed by atoms with E-state index in [1.165, 1.54) is 41.0 Å². The topological polar surface area (TPSA) is 157 Å². The third kappa shape index (κ3) is 17.6. The van der Waals surface area contributed by atoms with E-state index in [0.29, 0.717) is 42.2 Å². The predicted molar refractivity (Wildman–Crippen MR) is 305 cm³/mol. The normalized spacial score (nSPS) is 17.1. The van der Waals surface area contributed by atoms with E-state index in [1.807, 2.05) is 121 Å². The monoisotopic (exact) mass is 1110 g/mol. The highest BCUT2D eigenvalue weighted by molar-refractivity contribution is 6.13. The van der Waals surface area contributed by atoms with E-state index in [9.17, 15) is 42.2 Å². The number of nitrogens with zero attached hydrogens (tertiary/aromatic N) is 5. The molecule has 0 bridgehead atoms. The Morgan fingerprint density at radius 2 is 0.889 bits per heavy atom. The van der Waals surface area contributed by atoms with Crippen molar-refractivity contribution in [2.24, 2.45) is 9.98 Å². The molecule has 6 aromatic carbocycles. The van der Waals surface area contributed by atoms with Gasteiger partial charge in [-0.05, 0) is 89.8 Å². The molecule has 2 unspecified atom stereocenters. The first-order valence-electron chi connectivity index (χ1n) is 27.1. The van der Waals surface area contributed by atoms with E-state index in [0.717, 1.165) is 34.4 Å². The van der Waals surface area contributed by atoms with Gasteiger partial charge in [-0.25, -0.2) is 27.2 Å². The van der Waals surface area contributed by atoms with Crippen LogP contribution in [0.15, 0.2) is 168 Å². The number of carbonyl (C=O) groups excluding carboxylic acids is 3. The molecule has 0 radical (unpaired) electrons. The Morgan fingerprint density at radius 1 is 0.543 bits per heavy atom. The van der Waals surface area contributed by atoms with Gasteiger partial charge in [0.2, 0.25) is 5.91 Å². The molecule has 6 aromatic rings. The average molecular weight is 1110 g/mol. The molecule has 2 fully saturated rings. The first-order chi connectivity index (χ1) is 38.5. The van der Waals surface area contributed by atoms with Crippen LogP contribution in [0.25, 0.3) is 0 Å². The van der Waals surface area contributed by atoms with Gasteiger partial charge in [0.25, 0.3) is 0 Å². The summed E-state index contributed by atoms with van der Waals surface area (Å²) in [5, 5.41) is 27.1. The minimum Gasteiger partial charge on any atom is -0.444 e. The lowest BCUT2D eigenvalue weighted by atomic mass is 9.93. The van der Waals surface area contributed by atoms with E-state index in [1.54, 1.807) is 46.4 Å². The minimum absolute atomic E-state index is 0.0300. The fourth-order valence-corrected chi connectivity index (χ4v) is 9.80. The van der Waals surface area contributed by atoms with Crippen molar-refractivity contribution in [2.45, 2.75) is 109 Å². The van der Waals surface area contributed by atoms with E-state index >= 15 is 0 Å². The van der Waals surface area contributed by atoms with Crippen molar-refractivity contribution in [3.8, 4) is 0 Å². The van der Waals surface area contributed by atoms with Crippen molar-refractivity contribution < 1.29 is 51.6 Å². The highest BCUT2D eigenvalue weighted by Crippen LogP contribution is 2.27. The Labute approximate surface area is 472 Å². The molecule has 428 valence electrons. The van der Waals surface area contributed by atoms with Gasteiger partial charge >= 0.3 is 12.2 Å². The Morgan fingerprint density at radius 3 is 1.23 bits per heavy atom. The van der Waals surface area contributed by atoms with Crippen LogP contribution in [-0.2, 0) is 27.1 Å². The van der Waals surface area contributed by atoms with Crippen LogP contribution < -0.4 is 5.32 Å². The van der Waals surface area contributed by atoms with Crippen LogP contribution in [-0.4, -0.2) is 141 Å². The molecule has 3 N–H and O–H groups in total. The summed E-state index contributed by atoms with van der Waals surface area (Å²) in [5.41, 5.74) is 3.58. The summed E-state index contributed by atoms with van der Waals surface area (Å²) in [6, 6.07) is 41.0. The molecule has 2 aliphatic rings. The summed E-state index contributed by atoms with van der Waals surface area (Å²) in [6.45, 7) is 13.7. The maximum absolute atomic E-state index is 14.2. The third-order valence-electron chi connectivity index (χ3n) is 13.5. The zero-order valence-corrected chi connectivity index (χ0v) is 46.8. The fraction of sp³-hybridized carbons (Fsp3) is 0.359. The number of aliphatic hydroxyl groups excluding tert-OH is 2. The zero-order valence-electron chi connectivity index (χ0n) is 46.8. The van der Waals surface area contributed by atoms with Crippen molar-refractivity contribution in [2.75, 3.05) is 39.3 Å². The molecule has 2 aliphatic heterocycles. The molecule has 0 aromatic heterocycles. The van der Waals surface area contributed by atoms with E-state index in [2.05, 4.69) is 5.32 Å². The van der Waals surface area contributed by atoms with Crippen molar-refractivity contribution in [3.05, 3.63) is 214 Å². The second kappa shape index (κ2) is 27.6. The van der Waals surface area contributed by atoms with Crippen molar-refractivity contribution in [1.82, 2.24) is 20.0 Å². The van der Waals surface area contributed by atoms with Crippen LogP contribution in [0.2, 0.25) is 0 Å². The van der Waals surface area contributed by atoms with E-state index in [-0.39, 0.29) is 38.4 Å². The number of nitrogens with one attached hydrogen (secondary N) is 1. The average Bonchev–Trinajstić information content (AvgIpc) is 3.42. The van der Waals surface area contributed by atoms with Gasteiger partial charge in [0.15, 0.2) is 0 Å². The maximum Gasteiger partial charge on any atom is 0.410 e. The zero-order chi connectivity index (χ0) is 58.4. The number of ether oxygens (including phenoxy) is 2. The highest BCUT2D eigenvalue weighted by Gasteiger charge is 2.42. The maximum atomic E-state index is 14.2. The number of aliphatic imine (C=N–C) groups is 2. The summed E-state index contributed by atoms with van der Waals surface area (Å²) in [7, 11) is 0. The molecule has 13 nitrogen and oxygen atoms in total. The molecule has 0 aliphatic carbocycles. The molecular weight excluding hydrogens is 1040 g/mol. The lowest BCUT2D eigenvalue weighted by Gasteiger charge is -2.44. The van der Waals surface area contributed by atoms with Gasteiger partial charge in [-0.1, -0.05) is 121 Å². The molecule has 0 spiro atoms. The Balaban J connectivity index is 0.000000234. The number of aliphatic hydroxyl groups is 2. The second-order valence-corrected chi connectivity index (χ2v) is 22.2. The lowest BCUT2D eigenvalue weighted by molar-refractivity contribution is -0.133. The molecule has 8 rings (SSSR count). The van der Waals surface area contributed by atoms with Crippen LogP contribution in [0.4, 0.5) is 27.2 Å². The van der Waals surface area contributed by atoms with Crippen LogP contribution in [0.1, 0.15) is 81.8 Å². The minimum atomic E-state index is -1.33. The number of benzene rings is 6. The van der Waals surface area contributed by atoms with Crippen LogP contribution in [0.3, 0.4) is 0 Å². The Hall–Kier alpha value is -7.73. The molecule has 3 amide bonds. The quantitative estimate of drug-likeness (QED) is 0.0719. The predicted octanol–water partition coefficient (Wildman–Crippen LogP) is 10.2. The molecule has 17 heteroatoms. The van der Waals surface area contributed by atoms with Crippen molar-refractivity contribution >= 4 is 29.5 Å². The highest BCUT2D eigenvalue weighted by atomic mass is 19.1. The SMILES string of the molecule is CC(=O)N1CCN(C(=O)OC(C)(C)C)[C@@H]([C@@H](O)C(Cc2cc(F)cc(F)c2)N=C(c2ccccc2)c2ccccc2)C1.CC(C)(C)OC(=O)N1CCNC[C@@H]1[C@@H](O)C(Cc1cc(F)cc(F)c1)N=C(c1ccccc1)c1ccccc1. The smallest absolute Gasteiger partial charge is 0.410 e. The number of hydrogen-bond acceptors (Lipinski definition) is 10. The van der Waals surface area contributed by atoms with Gasteiger partial charge in [-0.2, -0.15) is 0 Å². The van der Waals surface area contributed by atoms with Crippen molar-refractivity contribution in [1.29, 1.82) is 0 Å². The lowest BCUT2D eigenvalue weighted by Crippen LogP contribution is -2.62. The molecule has 2 heterocycles. The van der Waals surface area contributed by atoms with E-state index < -0.39 is 83.0 Å². The van der Waals surface area contributed by atoms with E-state index in [4.69, 9.17) is 19.5 Å². The Bertz CT molecular complexity index is 2980. The molecule has 6 atom stereocenters. The molecular formula is C64H72F4N6O7. The van der Waals surface area contributed by atoms with Gasteiger partial charge in [-0.3, -0.25) is 24.6 Å². The molecule has 2 saturated heterocycles. The summed E-state index contributed by atoms with van der Waals surface area (Å²) >= 11 is 0. The summed E-state index contributed by atoms with van der Waals surface area (Å²) in [6.07, 6.45) is -3.62. The standard InChI is InChI=1S/C33H37F2N3O4.C31H35F2N3O3/c1-22(39)37-15-16-38(32(41)42-33(2,3)4)29(21-37)31(40)28(19-23-17-26(34)20-27(35)18-23)36-30(24-11-7-5-8-12-24)25-13-9-6-10-14-25;1-31(2,3)39-30(38)36-15-14-34-20-27(36)29(37)26(18-21-16-24(32)19-25(33)17-21)35-28(22-10-6-4-7-11-22)23-12-8-5-9-13-23/h5-14,17-18,20,28-29,31,40H,15-16,19,21H2,1-4H3;4-13,16-17,19,26-27,29,34,37H,14-15,18,20H2,1-3H3/t28?,29-,31+;26?,27-,29+/m11/s1. The number of halogens is 4. The Kier molecular flexibility index (Phi) is 20.8. The number of piperazine rings is 2. The summed E-state index contributed by atoms with van der Waals surface area (Å²) < 4.78 is 68.0. The summed E-state index contributed by atoms with van der Waals surface area (Å²) in [4.78, 5) is 53.3. The third-order valence-corrected chi connectivity index (χ3v) is 13.5. The van der Waals surface area contributed by atoms with Gasteiger partial charge < -0.3 is 29.9 Å². The van der Waals surface area contributed by atoms with Crippen LogP contribution in [0.5, 0.6) is 0 Å². The second-order valence-electron chi connectivity index (χ2n) is 22.2. The van der Waals surface area contributed by atoms with Crippen molar-refractivity contribution in [3.63, 3.8) is 0 Å². The first-order valence-corrected chi connectivity index (χ1v) is 27.1. The number of carbonyl (C=O) groups is 3. The molecule has 81 heavy (non-hydrogen) atoms. The van der Waals surface area contributed by atoms with Gasteiger partial charge in [0.1, 0.15) is 34.5 Å². The van der Waals surface area contributed by atoms with Crippen LogP contribution in [0, 0.1) is 23.3 Å². The van der Waals surface area contributed by atoms with Gasteiger partial charge in [0.05, 0.1) is 47.8 Å². The largest absolute Gasteiger partial charge is 0.444 e. The van der Waals surface area contributed by atoms with Crippen LogP contribution >= 0.6 is 0 Å².